The molecule has 0 aliphatic heterocycles. The molecule has 0 atom stereocenters. The van der Waals surface area contributed by atoms with Crippen molar-refractivity contribution >= 4 is 11.7 Å². The molecule has 1 aromatic rings. The highest BCUT2D eigenvalue weighted by Crippen LogP contribution is 2.32. The molecule has 0 aliphatic rings. The Hall–Kier alpha value is -2.32. The number of aromatic nitrogens is 1. The third-order valence-corrected chi connectivity index (χ3v) is 1.99. The van der Waals surface area contributed by atoms with Gasteiger partial charge in [-0.1, -0.05) is 0 Å². The van der Waals surface area contributed by atoms with E-state index in [0.29, 0.717) is 6.07 Å². The van der Waals surface area contributed by atoms with Crippen molar-refractivity contribution in [3.8, 4) is 5.88 Å². The van der Waals surface area contributed by atoms with E-state index in [0.717, 1.165) is 14.2 Å². The van der Waals surface area contributed by atoms with E-state index in [-0.39, 0.29) is 0 Å². The van der Waals surface area contributed by atoms with Gasteiger partial charge in [-0.2, -0.15) is 0 Å². The summed E-state index contributed by atoms with van der Waals surface area (Å²) in [6.07, 6.45) is -3.00. The second-order valence-corrected chi connectivity index (χ2v) is 3.00. The Morgan fingerprint density at radius 3 is 2.50 bits per heavy atom. The topological polar surface area (TPSA) is 91.6 Å². The molecule has 9 heteroatoms. The van der Waals surface area contributed by atoms with Crippen LogP contribution >= 0.6 is 0 Å². The lowest BCUT2D eigenvalue weighted by atomic mass is 10.2. The molecule has 0 radical (unpaired) electrons. The molecule has 1 aromatic heterocycles. The molecule has 18 heavy (non-hydrogen) atoms. The molecular formula is C9H8F2N2O5. The number of hydrogen-bond donors (Lipinski definition) is 0. The Morgan fingerprint density at radius 2 is 2.11 bits per heavy atom. The molecular weight excluding hydrogens is 254 g/mol. The molecule has 0 amide bonds. The van der Waals surface area contributed by atoms with Gasteiger partial charge in [0.2, 0.25) is 0 Å². The number of rotatable bonds is 4. The number of carbonyl (C=O) groups is 1. The van der Waals surface area contributed by atoms with Crippen molar-refractivity contribution < 1.29 is 28.0 Å². The third kappa shape index (κ3) is 2.50. The van der Waals surface area contributed by atoms with Crippen LogP contribution < -0.4 is 4.74 Å². The molecule has 1 rings (SSSR count). The largest absolute Gasteiger partial charge is 0.476 e. The van der Waals surface area contributed by atoms with E-state index in [2.05, 4.69) is 14.5 Å². The van der Waals surface area contributed by atoms with Crippen molar-refractivity contribution in [2.24, 2.45) is 0 Å². The van der Waals surface area contributed by atoms with Gasteiger partial charge in [-0.25, -0.2) is 18.6 Å². The molecule has 0 fully saturated rings. The molecule has 7 nitrogen and oxygen atoms in total. The quantitative estimate of drug-likeness (QED) is 0.466. The molecule has 0 N–H and O–H groups in total. The number of alkyl halides is 2. The van der Waals surface area contributed by atoms with Crippen molar-refractivity contribution in [3.05, 3.63) is 27.4 Å². The first-order chi connectivity index (χ1) is 8.42. The van der Waals surface area contributed by atoms with E-state index in [1.807, 2.05) is 0 Å². The summed E-state index contributed by atoms with van der Waals surface area (Å²) in [6.45, 7) is 0. The minimum Gasteiger partial charge on any atom is -0.476 e. The lowest BCUT2D eigenvalue weighted by molar-refractivity contribution is -0.386. The van der Waals surface area contributed by atoms with Gasteiger partial charge in [0.25, 0.3) is 12.3 Å². The van der Waals surface area contributed by atoms with Crippen molar-refractivity contribution in [3.63, 3.8) is 0 Å². The minimum absolute atomic E-state index is 0.608. The Morgan fingerprint density at radius 1 is 1.50 bits per heavy atom. The zero-order valence-electron chi connectivity index (χ0n) is 9.35. The number of esters is 1. The van der Waals surface area contributed by atoms with Crippen LogP contribution in [0.25, 0.3) is 0 Å². The van der Waals surface area contributed by atoms with Gasteiger partial charge >= 0.3 is 11.7 Å². The number of carbonyl (C=O) groups excluding carboxylic acids is 1. The second-order valence-electron chi connectivity index (χ2n) is 3.00. The number of nitro groups is 1. The summed E-state index contributed by atoms with van der Waals surface area (Å²) in [5, 5.41) is 10.8. The first kappa shape index (κ1) is 13.7. The Balaban J connectivity index is 3.56. The first-order valence-corrected chi connectivity index (χ1v) is 4.52. The predicted octanol–water partition coefficient (Wildman–Crippen LogP) is 1.72. The highest BCUT2D eigenvalue weighted by Gasteiger charge is 2.30. The van der Waals surface area contributed by atoms with E-state index in [1.54, 1.807) is 0 Å². The summed E-state index contributed by atoms with van der Waals surface area (Å²) < 4.78 is 33.9. The van der Waals surface area contributed by atoms with Crippen LogP contribution in [0.3, 0.4) is 0 Å². The van der Waals surface area contributed by atoms with Crippen molar-refractivity contribution in [2.75, 3.05) is 14.2 Å². The summed E-state index contributed by atoms with van der Waals surface area (Å²) in [7, 11) is 1.99. The average Bonchev–Trinajstić information content (AvgIpc) is 2.35. The molecule has 0 unspecified atom stereocenters. The zero-order valence-corrected chi connectivity index (χ0v) is 9.35. The fraction of sp³-hybridized carbons (Fsp3) is 0.333. The first-order valence-electron chi connectivity index (χ1n) is 4.52. The Labute approximate surface area is 99.5 Å². The maximum Gasteiger partial charge on any atom is 0.345 e. The van der Waals surface area contributed by atoms with Gasteiger partial charge in [0.1, 0.15) is 11.3 Å². The van der Waals surface area contributed by atoms with E-state index < -0.39 is 40.1 Å². The lowest BCUT2D eigenvalue weighted by Crippen LogP contribution is -2.10. The highest BCUT2D eigenvalue weighted by atomic mass is 19.3. The van der Waals surface area contributed by atoms with E-state index in [1.165, 1.54) is 0 Å². The Kier molecular flexibility index (Phi) is 4.08. The van der Waals surface area contributed by atoms with Gasteiger partial charge in [0.15, 0.2) is 0 Å². The van der Waals surface area contributed by atoms with E-state index >= 15 is 0 Å². The fourth-order valence-corrected chi connectivity index (χ4v) is 1.23. The maximum atomic E-state index is 12.5. The van der Waals surface area contributed by atoms with Crippen LogP contribution in [0.4, 0.5) is 14.5 Å². The van der Waals surface area contributed by atoms with Crippen LogP contribution in [0.5, 0.6) is 5.88 Å². The average molecular weight is 262 g/mol. The smallest absolute Gasteiger partial charge is 0.345 e. The van der Waals surface area contributed by atoms with Gasteiger partial charge in [-0.05, 0) is 6.07 Å². The SMILES string of the molecule is COC(=O)c1cc(C(F)F)nc(OC)c1[N+](=O)[O-]. The minimum atomic E-state index is -3.00. The monoisotopic (exact) mass is 262 g/mol. The highest BCUT2D eigenvalue weighted by molar-refractivity contribution is 5.94. The van der Waals surface area contributed by atoms with Gasteiger partial charge in [-0.3, -0.25) is 10.1 Å². The summed E-state index contributed by atoms with van der Waals surface area (Å²) in [5.74, 6) is -1.79. The number of ether oxygens (including phenoxy) is 2. The Bertz CT molecular complexity index is 492. The molecule has 0 aliphatic carbocycles. The maximum absolute atomic E-state index is 12.5. The van der Waals surface area contributed by atoms with Gasteiger partial charge in [-0.15, -0.1) is 0 Å². The number of pyridine rings is 1. The van der Waals surface area contributed by atoms with Crippen LogP contribution in [0, 0.1) is 10.1 Å². The summed E-state index contributed by atoms with van der Waals surface area (Å²) in [6, 6.07) is 0.608. The fourth-order valence-electron chi connectivity index (χ4n) is 1.23. The van der Waals surface area contributed by atoms with E-state index in [9.17, 15) is 23.7 Å². The summed E-state index contributed by atoms with van der Waals surface area (Å²) in [4.78, 5) is 24.4. The van der Waals surface area contributed by atoms with Crippen LogP contribution in [0.1, 0.15) is 22.5 Å². The van der Waals surface area contributed by atoms with Crippen LogP contribution in [0.15, 0.2) is 6.07 Å². The van der Waals surface area contributed by atoms with Gasteiger partial charge in [0.05, 0.1) is 19.1 Å². The lowest BCUT2D eigenvalue weighted by Gasteiger charge is -2.07. The van der Waals surface area contributed by atoms with Crippen molar-refractivity contribution in [2.45, 2.75) is 6.43 Å². The van der Waals surface area contributed by atoms with Crippen LogP contribution in [0.2, 0.25) is 0 Å². The number of hydrogen-bond acceptors (Lipinski definition) is 6. The predicted molar refractivity (Wildman–Crippen MR) is 53.7 cm³/mol. The molecule has 0 saturated carbocycles. The molecule has 1 heterocycles. The zero-order chi connectivity index (χ0) is 13.9. The van der Waals surface area contributed by atoms with Gasteiger partial charge < -0.3 is 9.47 Å². The molecule has 98 valence electrons. The van der Waals surface area contributed by atoms with Gasteiger partial charge in [0, 0.05) is 0 Å². The van der Waals surface area contributed by atoms with Crippen LogP contribution in [-0.2, 0) is 4.74 Å². The molecule has 0 spiro atoms. The standard InChI is InChI=1S/C9H8F2N2O5/c1-17-8-6(13(15)16)4(9(14)18-2)3-5(12-8)7(10)11/h3,7H,1-2H3. The normalized spacial score (nSPS) is 10.3. The van der Waals surface area contributed by atoms with E-state index in [4.69, 9.17) is 0 Å². The summed E-state index contributed by atoms with van der Waals surface area (Å²) >= 11 is 0. The molecule has 0 bridgehead atoms. The number of nitrogens with zero attached hydrogens (tertiary/aromatic N) is 2. The van der Waals surface area contributed by atoms with Crippen molar-refractivity contribution in [1.82, 2.24) is 4.98 Å². The van der Waals surface area contributed by atoms with Crippen molar-refractivity contribution in [1.29, 1.82) is 0 Å². The number of halogens is 2. The molecule has 0 aromatic carbocycles. The summed E-state index contributed by atoms with van der Waals surface area (Å²) in [5.41, 5.74) is -2.25. The number of methoxy groups -OCH3 is 2. The second kappa shape index (κ2) is 5.34. The molecule has 0 saturated heterocycles. The third-order valence-electron chi connectivity index (χ3n) is 1.99. The van der Waals surface area contributed by atoms with Crippen LogP contribution in [-0.4, -0.2) is 30.1 Å².